The highest BCUT2D eigenvalue weighted by Crippen LogP contribution is 2.21. The number of methoxy groups -OCH3 is 1. The first-order chi connectivity index (χ1) is 8.45. The maximum atomic E-state index is 13.6. The van der Waals surface area contributed by atoms with Gasteiger partial charge in [0.15, 0.2) is 0 Å². The quantitative estimate of drug-likeness (QED) is 0.826. The summed E-state index contributed by atoms with van der Waals surface area (Å²) in [5.41, 5.74) is 0.331. The Morgan fingerprint density at radius 2 is 2.06 bits per heavy atom. The molecule has 2 N–H and O–H groups in total. The molecule has 0 bridgehead atoms. The molecular weight excluding hydrogens is 247 g/mol. The van der Waals surface area contributed by atoms with E-state index < -0.39 is 24.4 Å². The van der Waals surface area contributed by atoms with E-state index in [1.165, 1.54) is 19.2 Å². The Balaban J connectivity index is 2.64. The van der Waals surface area contributed by atoms with Gasteiger partial charge in [-0.25, -0.2) is 13.2 Å². The zero-order valence-electron chi connectivity index (χ0n) is 10.2. The fraction of sp³-hybridized carbons (Fsp3) is 0.500. The summed E-state index contributed by atoms with van der Waals surface area (Å²) in [5, 5.41) is 11.6. The highest BCUT2D eigenvalue weighted by Gasteiger charge is 2.18. The lowest BCUT2D eigenvalue weighted by Gasteiger charge is -2.18. The van der Waals surface area contributed by atoms with Crippen molar-refractivity contribution in [3.8, 4) is 5.75 Å². The maximum absolute atomic E-state index is 13.6. The third-order valence-electron chi connectivity index (χ3n) is 2.60. The van der Waals surface area contributed by atoms with Gasteiger partial charge in [0.1, 0.15) is 17.7 Å². The van der Waals surface area contributed by atoms with Crippen LogP contribution in [0, 0.1) is 5.82 Å². The number of benzene rings is 1. The summed E-state index contributed by atoms with van der Waals surface area (Å²) in [6.07, 6.45) is -4.57. The summed E-state index contributed by atoms with van der Waals surface area (Å²) in [7, 11) is 1.43. The van der Waals surface area contributed by atoms with Gasteiger partial charge in [-0.15, -0.1) is 0 Å². The molecule has 2 atom stereocenters. The second-order valence-electron chi connectivity index (χ2n) is 3.92. The molecule has 0 aromatic heterocycles. The van der Waals surface area contributed by atoms with Crippen molar-refractivity contribution in [3.05, 3.63) is 29.6 Å². The number of rotatable bonds is 6. The molecule has 18 heavy (non-hydrogen) atoms. The molecule has 0 aliphatic heterocycles. The van der Waals surface area contributed by atoms with Crippen molar-refractivity contribution in [3.63, 3.8) is 0 Å². The van der Waals surface area contributed by atoms with E-state index in [1.807, 2.05) is 0 Å². The first-order valence-electron chi connectivity index (χ1n) is 5.48. The largest absolute Gasteiger partial charge is 0.497 e. The Bertz CT molecular complexity index is 388. The molecule has 0 heterocycles. The maximum Gasteiger partial charge on any atom is 0.265 e. The van der Waals surface area contributed by atoms with Crippen LogP contribution in [0.2, 0.25) is 0 Å². The molecule has 3 nitrogen and oxygen atoms in total. The van der Waals surface area contributed by atoms with E-state index in [2.05, 4.69) is 5.32 Å². The molecule has 0 spiro atoms. The predicted octanol–water partition coefficient (Wildman–Crippen LogP) is 2.11. The number of ether oxygens (including phenoxy) is 1. The number of nitrogens with one attached hydrogen (secondary N) is 1. The van der Waals surface area contributed by atoms with E-state index in [0.717, 1.165) is 0 Å². The number of aliphatic hydroxyl groups excluding tert-OH is 1. The van der Waals surface area contributed by atoms with Gasteiger partial charge in [-0.3, -0.25) is 0 Å². The number of aliphatic hydroxyl groups is 1. The smallest absolute Gasteiger partial charge is 0.265 e. The summed E-state index contributed by atoms with van der Waals surface area (Å²) < 4.78 is 42.7. The van der Waals surface area contributed by atoms with Crippen LogP contribution in [-0.2, 0) is 0 Å². The summed E-state index contributed by atoms with van der Waals surface area (Å²) in [6.45, 7) is 1.33. The lowest BCUT2D eigenvalue weighted by atomic mass is 10.1. The van der Waals surface area contributed by atoms with E-state index >= 15 is 0 Å². The molecule has 0 saturated heterocycles. The fourth-order valence-corrected chi connectivity index (χ4v) is 1.48. The Morgan fingerprint density at radius 3 is 2.56 bits per heavy atom. The molecule has 6 heteroatoms. The SMILES string of the molecule is COc1ccc(C(C)NCC(O)C(F)F)c(F)c1. The predicted molar refractivity (Wildman–Crippen MR) is 61.4 cm³/mol. The van der Waals surface area contributed by atoms with Crippen molar-refractivity contribution in [1.82, 2.24) is 5.32 Å². The first kappa shape index (κ1) is 14.8. The molecule has 0 fully saturated rings. The van der Waals surface area contributed by atoms with Crippen LogP contribution in [0.15, 0.2) is 18.2 Å². The second-order valence-corrected chi connectivity index (χ2v) is 3.92. The number of halogens is 3. The standard InChI is InChI=1S/C12H16F3NO2/c1-7(16-6-11(17)12(14)15)9-4-3-8(18-2)5-10(9)13/h3-5,7,11-12,16-17H,6H2,1-2H3. The summed E-state index contributed by atoms with van der Waals surface area (Å²) >= 11 is 0. The van der Waals surface area contributed by atoms with Gasteiger partial charge in [0.25, 0.3) is 6.43 Å². The normalized spacial score (nSPS) is 14.6. The summed E-state index contributed by atoms with van der Waals surface area (Å²) in [4.78, 5) is 0. The van der Waals surface area contributed by atoms with Crippen LogP contribution < -0.4 is 10.1 Å². The third kappa shape index (κ3) is 3.89. The monoisotopic (exact) mass is 263 g/mol. The molecule has 0 saturated carbocycles. The van der Waals surface area contributed by atoms with Crippen molar-refractivity contribution in [2.24, 2.45) is 0 Å². The highest BCUT2D eigenvalue weighted by atomic mass is 19.3. The number of hydrogen-bond donors (Lipinski definition) is 2. The minimum Gasteiger partial charge on any atom is -0.497 e. The topological polar surface area (TPSA) is 41.5 Å². The van der Waals surface area contributed by atoms with E-state index in [4.69, 9.17) is 9.84 Å². The average molecular weight is 263 g/mol. The van der Waals surface area contributed by atoms with Crippen LogP contribution >= 0.6 is 0 Å². The van der Waals surface area contributed by atoms with Crippen LogP contribution in [-0.4, -0.2) is 31.3 Å². The van der Waals surface area contributed by atoms with Crippen molar-refractivity contribution in [2.75, 3.05) is 13.7 Å². The van der Waals surface area contributed by atoms with Crippen LogP contribution in [0.3, 0.4) is 0 Å². The number of alkyl halides is 2. The van der Waals surface area contributed by atoms with Crippen LogP contribution in [0.5, 0.6) is 5.75 Å². The van der Waals surface area contributed by atoms with Crippen molar-refractivity contribution < 1.29 is 23.0 Å². The first-order valence-corrected chi connectivity index (χ1v) is 5.48. The Hall–Kier alpha value is -1.27. The van der Waals surface area contributed by atoms with Crippen LogP contribution in [0.4, 0.5) is 13.2 Å². The molecular formula is C12H16F3NO2. The molecule has 0 aliphatic carbocycles. The zero-order chi connectivity index (χ0) is 13.7. The molecule has 0 radical (unpaired) electrons. The van der Waals surface area contributed by atoms with Gasteiger partial charge in [-0.05, 0) is 13.0 Å². The van der Waals surface area contributed by atoms with Crippen molar-refractivity contribution in [2.45, 2.75) is 25.5 Å². The van der Waals surface area contributed by atoms with Crippen LogP contribution in [0.1, 0.15) is 18.5 Å². The van der Waals surface area contributed by atoms with E-state index in [0.29, 0.717) is 11.3 Å². The zero-order valence-corrected chi connectivity index (χ0v) is 10.2. The minimum atomic E-state index is -2.81. The van der Waals surface area contributed by atoms with Crippen molar-refractivity contribution >= 4 is 0 Å². The molecule has 1 aromatic rings. The minimum absolute atomic E-state index is 0.301. The lowest BCUT2D eigenvalue weighted by molar-refractivity contribution is -0.00443. The summed E-state index contributed by atoms with van der Waals surface area (Å²) in [6, 6.07) is 3.84. The van der Waals surface area contributed by atoms with Crippen LogP contribution in [0.25, 0.3) is 0 Å². The van der Waals surface area contributed by atoms with Gasteiger partial charge < -0.3 is 15.2 Å². The van der Waals surface area contributed by atoms with Gasteiger partial charge >= 0.3 is 0 Å². The third-order valence-corrected chi connectivity index (χ3v) is 2.60. The lowest BCUT2D eigenvalue weighted by Crippen LogP contribution is -2.33. The van der Waals surface area contributed by atoms with Gasteiger partial charge in [-0.1, -0.05) is 6.07 Å². The van der Waals surface area contributed by atoms with Gasteiger partial charge in [-0.2, -0.15) is 0 Å². The van der Waals surface area contributed by atoms with E-state index in [1.54, 1.807) is 13.0 Å². The molecule has 102 valence electrons. The second kappa shape index (κ2) is 6.61. The average Bonchev–Trinajstić information content (AvgIpc) is 2.34. The molecule has 0 amide bonds. The fourth-order valence-electron chi connectivity index (χ4n) is 1.48. The van der Waals surface area contributed by atoms with Gasteiger partial charge in [0.05, 0.1) is 7.11 Å². The summed E-state index contributed by atoms with van der Waals surface area (Å²) in [5.74, 6) is -0.100. The Kier molecular flexibility index (Phi) is 5.43. The number of hydrogen-bond acceptors (Lipinski definition) is 3. The van der Waals surface area contributed by atoms with Gasteiger partial charge in [0, 0.05) is 24.2 Å². The molecule has 0 aliphatic rings. The molecule has 1 rings (SSSR count). The Labute approximate surface area is 104 Å². The van der Waals surface area contributed by atoms with Gasteiger partial charge in [0.2, 0.25) is 0 Å². The highest BCUT2D eigenvalue weighted by molar-refractivity contribution is 5.30. The molecule has 1 aromatic carbocycles. The van der Waals surface area contributed by atoms with E-state index in [-0.39, 0.29) is 6.54 Å². The van der Waals surface area contributed by atoms with Crippen molar-refractivity contribution in [1.29, 1.82) is 0 Å². The molecule has 2 unspecified atom stereocenters. The Morgan fingerprint density at radius 1 is 1.39 bits per heavy atom. The van der Waals surface area contributed by atoms with E-state index in [9.17, 15) is 13.2 Å².